The van der Waals surface area contributed by atoms with Gasteiger partial charge in [0.05, 0.1) is 20.8 Å². The number of aromatic nitrogens is 2. The Morgan fingerprint density at radius 3 is 2.58 bits per heavy atom. The van der Waals surface area contributed by atoms with Crippen molar-refractivity contribution in [2.75, 3.05) is 18.0 Å². The fraction of sp³-hybridized carbons (Fsp3) is 0.235. The minimum atomic E-state index is -0.725. The first-order chi connectivity index (χ1) is 12.0. The predicted molar refractivity (Wildman–Crippen MR) is 101 cm³/mol. The van der Waals surface area contributed by atoms with Crippen molar-refractivity contribution in [1.29, 1.82) is 0 Å². The van der Waals surface area contributed by atoms with Crippen molar-refractivity contribution in [1.82, 2.24) is 9.97 Å². The first-order valence-electron chi connectivity index (χ1n) is 7.70. The van der Waals surface area contributed by atoms with E-state index in [0.29, 0.717) is 37.3 Å². The number of hydrogen-bond acceptors (Lipinski definition) is 5. The molecule has 0 saturated carbocycles. The molecule has 0 unspecified atom stereocenters. The Morgan fingerprint density at radius 1 is 1.12 bits per heavy atom. The fourth-order valence-corrected chi connectivity index (χ4v) is 3.84. The Balaban J connectivity index is 0.00000196. The van der Waals surface area contributed by atoms with Crippen LogP contribution in [0.15, 0.2) is 23.6 Å². The number of carbonyl (C=O) groups excluding carboxylic acids is 1. The smallest absolute Gasteiger partial charge is 0.165 e. The lowest BCUT2D eigenvalue weighted by Crippen LogP contribution is -2.34. The van der Waals surface area contributed by atoms with Gasteiger partial charge in [-0.05, 0) is 23.6 Å². The van der Waals surface area contributed by atoms with Crippen molar-refractivity contribution in [3.8, 4) is 11.4 Å². The molecule has 4 rings (SSSR count). The summed E-state index contributed by atoms with van der Waals surface area (Å²) in [5.41, 5.74) is 0.626. The van der Waals surface area contributed by atoms with E-state index in [1.165, 1.54) is 11.3 Å². The summed E-state index contributed by atoms with van der Waals surface area (Å²) in [5.74, 6) is -0.431. The van der Waals surface area contributed by atoms with Crippen LogP contribution in [0.1, 0.15) is 12.8 Å². The molecule has 3 aromatic rings. The molecule has 0 aliphatic carbocycles. The standard InChI is InChI=1S/C17H12ClF2N3OS.ClH/c18-11-8-12(19)10(7-13(11)20)16-21-14-3-6-25-15(14)17(22-16)23-4-1-9(24)2-5-23;/h3,6-8H,1-2,4-5H2;1H. The normalized spacial score (nSPS) is 14.6. The molecule has 26 heavy (non-hydrogen) atoms. The highest BCUT2D eigenvalue weighted by atomic mass is 35.5. The van der Waals surface area contributed by atoms with Crippen molar-refractivity contribution >= 4 is 57.2 Å². The van der Waals surface area contributed by atoms with Crippen molar-refractivity contribution in [2.24, 2.45) is 0 Å². The summed E-state index contributed by atoms with van der Waals surface area (Å²) in [6.45, 7) is 1.11. The van der Waals surface area contributed by atoms with Crippen LogP contribution in [0.3, 0.4) is 0 Å². The molecule has 2 aromatic heterocycles. The van der Waals surface area contributed by atoms with Gasteiger partial charge in [-0.1, -0.05) is 11.6 Å². The number of ketones is 1. The maximum absolute atomic E-state index is 14.3. The van der Waals surface area contributed by atoms with Crippen molar-refractivity contribution in [3.05, 3.63) is 40.2 Å². The first kappa shape index (κ1) is 18.9. The molecule has 1 aliphatic heterocycles. The average molecular weight is 416 g/mol. The van der Waals surface area contributed by atoms with E-state index in [2.05, 4.69) is 9.97 Å². The first-order valence-corrected chi connectivity index (χ1v) is 8.95. The lowest BCUT2D eigenvalue weighted by Gasteiger charge is -2.27. The summed E-state index contributed by atoms with van der Waals surface area (Å²) in [7, 11) is 0. The van der Waals surface area contributed by atoms with Crippen molar-refractivity contribution in [2.45, 2.75) is 12.8 Å². The number of Topliss-reactive ketones (excluding diaryl/α,β-unsaturated/α-hetero) is 1. The molecule has 4 nitrogen and oxygen atoms in total. The maximum atomic E-state index is 14.3. The number of piperidine rings is 1. The van der Waals surface area contributed by atoms with Gasteiger partial charge in [0.1, 0.15) is 17.4 Å². The SMILES string of the molecule is Cl.O=C1CCN(c2nc(-c3cc(F)c(Cl)cc3F)nc3ccsc23)CC1. The van der Waals surface area contributed by atoms with Gasteiger partial charge in [-0.15, -0.1) is 23.7 Å². The highest BCUT2D eigenvalue weighted by Gasteiger charge is 2.22. The molecule has 0 amide bonds. The van der Waals surface area contributed by atoms with Gasteiger partial charge in [-0.2, -0.15) is 0 Å². The minimum Gasteiger partial charge on any atom is -0.354 e. The largest absolute Gasteiger partial charge is 0.354 e. The molecule has 3 heterocycles. The molecule has 0 bridgehead atoms. The lowest BCUT2D eigenvalue weighted by molar-refractivity contribution is -0.119. The van der Waals surface area contributed by atoms with E-state index in [4.69, 9.17) is 11.6 Å². The van der Waals surface area contributed by atoms with E-state index in [1.807, 2.05) is 16.3 Å². The van der Waals surface area contributed by atoms with E-state index >= 15 is 0 Å². The molecule has 0 N–H and O–H groups in total. The molecular formula is C17H13Cl2F2N3OS. The van der Waals surface area contributed by atoms with E-state index in [-0.39, 0.29) is 34.6 Å². The van der Waals surface area contributed by atoms with Gasteiger partial charge in [0.2, 0.25) is 0 Å². The second-order valence-electron chi connectivity index (χ2n) is 5.78. The van der Waals surface area contributed by atoms with Gasteiger partial charge in [0, 0.05) is 25.9 Å². The highest BCUT2D eigenvalue weighted by molar-refractivity contribution is 7.17. The zero-order valence-electron chi connectivity index (χ0n) is 13.3. The fourth-order valence-electron chi connectivity index (χ4n) is 2.84. The average Bonchev–Trinajstić information content (AvgIpc) is 3.06. The molecule has 0 atom stereocenters. The number of carbonyl (C=O) groups is 1. The Bertz CT molecular complexity index is 986. The second kappa shape index (κ2) is 7.42. The van der Waals surface area contributed by atoms with Gasteiger partial charge >= 0.3 is 0 Å². The summed E-state index contributed by atoms with van der Waals surface area (Å²) in [6.07, 6.45) is 0.909. The predicted octanol–water partition coefficient (Wildman–Crippen LogP) is 4.88. The van der Waals surface area contributed by atoms with Crippen LogP contribution in [-0.2, 0) is 4.79 Å². The number of rotatable bonds is 2. The molecule has 0 radical (unpaired) electrons. The minimum absolute atomic E-state index is 0. The van der Waals surface area contributed by atoms with Gasteiger partial charge in [0.25, 0.3) is 0 Å². The van der Waals surface area contributed by atoms with Crippen LogP contribution < -0.4 is 4.90 Å². The summed E-state index contributed by atoms with van der Waals surface area (Å²) in [4.78, 5) is 22.3. The van der Waals surface area contributed by atoms with Crippen LogP contribution in [0.25, 0.3) is 21.6 Å². The van der Waals surface area contributed by atoms with Crippen LogP contribution in [0, 0.1) is 11.6 Å². The van der Waals surface area contributed by atoms with Crippen molar-refractivity contribution in [3.63, 3.8) is 0 Å². The zero-order chi connectivity index (χ0) is 17.6. The molecule has 136 valence electrons. The van der Waals surface area contributed by atoms with Gasteiger partial charge in [-0.3, -0.25) is 4.79 Å². The quantitative estimate of drug-likeness (QED) is 0.559. The van der Waals surface area contributed by atoms with E-state index in [9.17, 15) is 13.6 Å². The summed E-state index contributed by atoms with van der Waals surface area (Å²) >= 11 is 7.10. The number of anilines is 1. The summed E-state index contributed by atoms with van der Waals surface area (Å²) < 4.78 is 28.9. The topological polar surface area (TPSA) is 46.1 Å². The summed E-state index contributed by atoms with van der Waals surface area (Å²) in [6, 6.07) is 3.75. The highest BCUT2D eigenvalue weighted by Crippen LogP contribution is 2.34. The van der Waals surface area contributed by atoms with Gasteiger partial charge in [0.15, 0.2) is 11.6 Å². The third kappa shape index (κ3) is 3.39. The number of benzene rings is 1. The number of fused-ring (bicyclic) bond motifs is 1. The second-order valence-corrected chi connectivity index (χ2v) is 7.10. The molecule has 1 fully saturated rings. The Morgan fingerprint density at radius 2 is 1.85 bits per heavy atom. The molecule has 9 heteroatoms. The molecular weight excluding hydrogens is 403 g/mol. The van der Waals surface area contributed by atoms with Gasteiger partial charge in [-0.25, -0.2) is 18.7 Å². The third-order valence-corrected chi connectivity index (χ3v) is 5.35. The van der Waals surface area contributed by atoms with Crippen molar-refractivity contribution < 1.29 is 13.6 Å². The molecule has 1 aromatic carbocycles. The number of hydrogen-bond donors (Lipinski definition) is 0. The van der Waals surface area contributed by atoms with Gasteiger partial charge < -0.3 is 4.90 Å². The molecule has 0 spiro atoms. The number of nitrogens with zero attached hydrogens (tertiary/aromatic N) is 3. The Hall–Kier alpha value is -1.83. The summed E-state index contributed by atoms with van der Waals surface area (Å²) in [5, 5.41) is 1.59. The monoisotopic (exact) mass is 415 g/mol. The van der Waals surface area contributed by atoms with Crippen LogP contribution in [-0.4, -0.2) is 28.8 Å². The van der Waals surface area contributed by atoms with E-state index < -0.39 is 11.6 Å². The van der Waals surface area contributed by atoms with Crippen LogP contribution in [0.5, 0.6) is 0 Å². The Labute approximate surface area is 163 Å². The number of thiophene rings is 1. The van der Waals surface area contributed by atoms with E-state index in [0.717, 1.165) is 16.8 Å². The molecule has 1 aliphatic rings. The van der Waals surface area contributed by atoms with E-state index in [1.54, 1.807) is 0 Å². The Kier molecular flexibility index (Phi) is 5.41. The third-order valence-electron chi connectivity index (χ3n) is 4.16. The maximum Gasteiger partial charge on any atom is 0.165 e. The molecule has 1 saturated heterocycles. The van der Waals surface area contributed by atoms with Crippen LogP contribution >= 0.6 is 35.3 Å². The zero-order valence-corrected chi connectivity index (χ0v) is 15.7. The lowest BCUT2D eigenvalue weighted by atomic mass is 10.1. The van der Waals surface area contributed by atoms with Crippen LogP contribution in [0.2, 0.25) is 5.02 Å². The van der Waals surface area contributed by atoms with Crippen LogP contribution in [0.4, 0.5) is 14.6 Å². The number of halogens is 4.